The smallest absolute Gasteiger partial charge is 0.316 e. The lowest BCUT2D eigenvalue weighted by Gasteiger charge is -2.12. The highest BCUT2D eigenvalue weighted by Gasteiger charge is 2.25. The molecule has 7 nitrogen and oxygen atoms in total. The quantitative estimate of drug-likeness (QED) is 0.328. The molecule has 1 aliphatic rings. The van der Waals surface area contributed by atoms with Gasteiger partial charge in [0.2, 0.25) is 5.78 Å². The minimum absolute atomic E-state index is 0.00903. The van der Waals surface area contributed by atoms with Crippen molar-refractivity contribution in [3.8, 4) is 0 Å². The number of ether oxygens (including phenoxy) is 1. The predicted molar refractivity (Wildman–Crippen MR) is 122 cm³/mol. The van der Waals surface area contributed by atoms with E-state index in [9.17, 15) is 9.59 Å². The summed E-state index contributed by atoms with van der Waals surface area (Å²) in [6.45, 7) is 0.521. The molecule has 0 unspecified atom stereocenters. The maximum atomic E-state index is 13.6. The van der Waals surface area contributed by atoms with Gasteiger partial charge < -0.3 is 4.74 Å². The molecule has 160 valence electrons. The summed E-state index contributed by atoms with van der Waals surface area (Å²) in [7, 11) is 1.37. The van der Waals surface area contributed by atoms with Crippen LogP contribution in [0, 0.1) is 0 Å². The Morgan fingerprint density at radius 2 is 2.00 bits per heavy atom. The molecule has 0 atom stereocenters. The number of carbonyl (C=O) groups excluding carboxylic acids is 1. The first kappa shape index (κ1) is 20.3. The molecule has 3 aromatic heterocycles. The number of benzene rings is 1. The Morgan fingerprint density at radius 1 is 1.19 bits per heavy atom. The molecule has 0 aliphatic heterocycles. The molecule has 0 radical (unpaired) electrons. The van der Waals surface area contributed by atoms with Gasteiger partial charge in [-0.05, 0) is 43.2 Å². The first-order valence-electron chi connectivity index (χ1n) is 10.3. The maximum Gasteiger partial charge on any atom is 0.316 e. The Bertz CT molecular complexity index is 1320. The normalized spacial score (nSPS) is 13.6. The van der Waals surface area contributed by atoms with E-state index in [2.05, 4.69) is 22.3 Å². The molecule has 0 saturated carbocycles. The molecule has 0 spiro atoms. The van der Waals surface area contributed by atoms with E-state index < -0.39 is 0 Å². The first-order chi connectivity index (χ1) is 15.2. The van der Waals surface area contributed by atoms with Crippen molar-refractivity contribution in [2.24, 2.45) is 0 Å². The molecule has 1 aliphatic carbocycles. The third-order valence-electron chi connectivity index (χ3n) is 5.69. The molecule has 4 aromatic rings. The van der Waals surface area contributed by atoms with Gasteiger partial charge in [-0.1, -0.05) is 42.1 Å². The summed E-state index contributed by atoms with van der Waals surface area (Å²) in [6, 6.07) is 10.1. The second-order valence-electron chi connectivity index (χ2n) is 7.57. The monoisotopic (exact) mass is 454 g/mol. The molecule has 1 aromatic carbocycles. The first-order valence-corrected chi connectivity index (χ1v) is 12.1. The number of aromatic nitrogens is 4. The van der Waals surface area contributed by atoms with E-state index >= 15 is 0 Å². The van der Waals surface area contributed by atoms with E-state index in [0.29, 0.717) is 17.5 Å². The lowest BCUT2D eigenvalue weighted by molar-refractivity contribution is -0.137. The van der Waals surface area contributed by atoms with Crippen LogP contribution in [0.15, 0.2) is 40.3 Å². The van der Waals surface area contributed by atoms with Gasteiger partial charge in [-0.2, -0.15) is 0 Å². The van der Waals surface area contributed by atoms with E-state index in [0.717, 1.165) is 42.3 Å². The average Bonchev–Trinajstić information content (AvgIpc) is 3.39. The van der Waals surface area contributed by atoms with E-state index in [1.54, 1.807) is 15.9 Å². The van der Waals surface area contributed by atoms with Crippen LogP contribution in [-0.2, 0) is 35.3 Å². The molecule has 0 saturated heterocycles. The summed E-state index contributed by atoms with van der Waals surface area (Å²) in [5.74, 6) is 0.354. The summed E-state index contributed by atoms with van der Waals surface area (Å²) >= 11 is 2.95. The standard InChI is InChI=1S/C22H22N4O3S2/c1-29-17(27)13-30-22-24-23-21-25(12-11-14-7-3-2-4-8-14)19(28)18-15-9-5-6-10-16(15)31-20(18)26(21)22/h2-4,7-8H,5-6,9-13H2,1H3. The fraction of sp³-hybridized carbons (Fsp3) is 0.364. The number of fused-ring (bicyclic) bond motifs is 5. The fourth-order valence-electron chi connectivity index (χ4n) is 4.13. The summed E-state index contributed by atoms with van der Waals surface area (Å²) in [4.78, 5) is 27.5. The summed E-state index contributed by atoms with van der Waals surface area (Å²) in [5, 5.41) is 10.1. The van der Waals surface area contributed by atoms with Gasteiger partial charge in [0, 0.05) is 11.4 Å². The van der Waals surface area contributed by atoms with Crippen LogP contribution in [-0.4, -0.2) is 38.0 Å². The Kier molecular flexibility index (Phi) is 5.54. The van der Waals surface area contributed by atoms with E-state index in [1.165, 1.54) is 34.9 Å². The minimum Gasteiger partial charge on any atom is -0.468 e. The molecule has 5 rings (SSSR count). The van der Waals surface area contributed by atoms with Gasteiger partial charge in [0.05, 0.1) is 18.2 Å². The summed E-state index contributed by atoms with van der Waals surface area (Å²) < 4.78 is 8.47. The van der Waals surface area contributed by atoms with Crippen LogP contribution in [0.4, 0.5) is 0 Å². The predicted octanol–water partition coefficient (Wildman–Crippen LogP) is 3.49. The third kappa shape index (κ3) is 3.65. The van der Waals surface area contributed by atoms with Crippen LogP contribution < -0.4 is 5.56 Å². The number of thioether (sulfide) groups is 1. The SMILES string of the molecule is COC(=O)CSc1nnc2n(CCc3ccccc3)c(=O)c3c4c(sc3n12)CCCC4. The molecule has 9 heteroatoms. The zero-order valence-corrected chi connectivity index (χ0v) is 18.8. The average molecular weight is 455 g/mol. The van der Waals surface area contributed by atoms with Crippen molar-refractivity contribution in [3.63, 3.8) is 0 Å². The molecule has 0 bridgehead atoms. The number of rotatable bonds is 6. The minimum atomic E-state index is -0.319. The second-order valence-corrected chi connectivity index (χ2v) is 9.59. The van der Waals surface area contributed by atoms with Crippen molar-refractivity contribution in [2.75, 3.05) is 12.9 Å². The van der Waals surface area contributed by atoms with Crippen molar-refractivity contribution in [1.82, 2.24) is 19.2 Å². The maximum absolute atomic E-state index is 13.6. The van der Waals surface area contributed by atoms with Gasteiger partial charge >= 0.3 is 5.97 Å². The number of methoxy groups -OCH3 is 1. The van der Waals surface area contributed by atoms with Gasteiger partial charge in [0.15, 0.2) is 5.16 Å². The number of carbonyl (C=O) groups is 1. The van der Waals surface area contributed by atoms with Gasteiger partial charge in [0.1, 0.15) is 4.83 Å². The van der Waals surface area contributed by atoms with E-state index in [-0.39, 0.29) is 17.3 Å². The van der Waals surface area contributed by atoms with Gasteiger partial charge in [0.25, 0.3) is 5.56 Å². The van der Waals surface area contributed by atoms with Crippen LogP contribution in [0.3, 0.4) is 0 Å². The summed E-state index contributed by atoms with van der Waals surface area (Å²) in [5.41, 5.74) is 2.36. The lowest BCUT2D eigenvalue weighted by Crippen LogP contribution is -2.24. The van der Waals surface area contributed by atoms with Crippen LogP contribution in [0.1, 0.15) is 28.8 Å². The van der Waals surface area contributed by atoms with Crippen LogP contribution in [0.2, 0.25) is 0 Å². The molecule has 0 fully saturated rings. The van der Waals surface area contributed by atoms with Crippen LogP contribution in [0.25, 0.3) is 16.0 Å². The Morgan fingerprint density at radius 3 is 2.81 bits per heavy atom. The highest BCUT2D eigenvalue weighted by atomic mass is 32.2. The second kappa shape index (κ2) is 8.47. The van der Waals surface area contributed by atoms with Crippen molar-refractivity contribution in [2.45, 2.75) is 43.8 Å². The Hall–Kier alpha value is -2.65. The van der Waals surface area contributed by atoms with Crippen LogP contribution >= 0.6 is 23.1 Å². The number of hydrogen-bond acceptors (Lipinski definition) is 7. The highest BCUT2D eigenvalue weighted by Crippen LogP contribution is 2.36. The van der Waals surface area contributed by atoms with Crippen molar-refractivity contribution < 1.29 is 9.53 Å². The largest absolute Gasteiger partial charge is 0.468 e. The van der Waals surface area contributed by atoms with E-state index in [4.69, 9.17) is 4.74 Å². The van der Waals surface area contributed by atoms with Crippen molar-refractivity contribution in [3.05, 3.63) is 56.7 Å². The molecular weight excluding hydrogens is 432 g/mol. The third-order valence-corrected chi connectivity index (χ3v) is 7.87. The van der Waals surface area contributed by atoms with Crippen molar-refractivity contribution in [1.29, 1.82) is 0 Å². The number of thiophene rings is 1. The Balaban J connectivity index is 1.67. The number of nitrogens with zero attached hydrogens (tertiary/aromatic N) is 4. The number of esters is 1. The van der Waals surface area contributed by atoms with E-state index in [1.807, 2.05) is 22.6 Å². The molecule has 3 heterocycles. The highest BCUT2D eigenvalue weighted by molar-refractivity contribution is 7.99. The Labute approximate surface area is 187 Å². The topological polar surface area (TPSA) is 78.5 Å². The van der Waals surface area contributed by atoms with Crippen LogP contribution in [0.5, 0.6) is 0 Å². The molecule has 0 N–H and O–H groups in total. The van der Waals surface area contributed by atoms with Gasteiger partial charge in [-0.15, -0.1) is 21.5 Å². The lowest BCUT2D eigenvalue weighted by atomic mass is 9.97. The fourth-order valence-corrected chi connectivity index (χ4v) is 6.34. The number of aryl methyl sites for hydroxylation is 4. The molecule has 31 heavy (non-hydrogen) atoms. The zero-order chi connectivity index (χ0) is 21.4. The van der Waals surface area contributed by atoms with Crippen molar-refractivity contribution >= 4 is 45.1 Å². The summed E-state index contributed by atoms with van der Waals surface area (Å²) in [6.07, 6.45) is 4.92. The number of hydrogen-bond donors (Lipinski definition) is 0. The van der Waals surface area contributed by atoms with Gasteiger partial charge in [-0.25, -0.2) is 4.40 Å². The molecule has 0 amide bonds. The molecular formula is C22H22N4O3S2. The zero-order valence-electron chi connectivity index (χ0n) is 17.2. The van der Waals surface area contributed by atoms with Gasteiger partial charge in [-0.3, -0.25) is 14.2 Å².